The number of halogens is 8. The largest absolute Gasteiger partial charge is 0.494 e. The Labute approximate surface area is 433 Å². The second-order valence-corrected chi connectivity index (χ2v) is 18.0. The molecule has 0 bridgehead atoms. The molecule has 1 aliphatic rings. The Morgan fingerprint density at radius 3 is 1.39 bits per heavy atom. The Kier molecular flexibility index (Phi) is 15.7. The van der Waals surface area contributed by atoms with Crippen molar-refractivity contribution in [3.05, 3.63) is 166 Å². The van der Waals surface area contributed by atoms with Crippen LogP contribution in [0, 0.1) is 25.5 Å². The molecule has 9 rings (SSSR count). The highest BCUT2D eigenvalue weighted by Crippen LogP contribution is 2.33. The number of hydrogen-bond acceptors (Lipinski definition) is 10. The number of ether oxygens (including phenoxy) is 2. The van der Waals surface area contributed by atoms with Gasteiger partial charge in [0.1, 0.15) is 23.7 Å². The molecule has 0 saturated heterocycles. The fraction of sp³-hybridized carbons (Fsp3) is 0.236. The number of fused-ring (bicyclic) bond motifs is 2. The van der Waals surface area contributed by atoms with E-state index in [1.165, 1.54) is 75.4 Å². The van der Waals surface area contributed by atoms with Gasteiger partial charge in [-0.15, -0.1) is 0 Å². The summed E-state index contributed by atoms with van der Waals surface area (Å²) in [7, 11) is 2.60. The minimum absolute atomic E-state index is 0.0200. The minimum atomic E-state index is -4.39. The number of alkyl halides is 6. The molecule has 400 valence electrons. The Balaban J connectivity index is 0.000000204. The number of aromatic carboxylic acids is 1. The van der Waals surface area contributed by atoms with Crippen LogP contribution in [0.15, 0.2) is 110 Å². The number of hydrogen-bond donors (Lipinski definition) is 4. The van der Waals surface area contributed by atoms with Crippen LogP contribution in [0.4, 0.5) is 46.5 Å². The van der Waals surface area contributed by atoms with Gasteiger partial charge in [-0.2, -0.15) is 26.3 Å². The molecule has 2 heterocycles. The zero-order valence-electron chi connectivity index (χ0n) is 41.4. The number of carboxylic acid groups (broad SMARTS) is 1. The first-order chi connectivity index (χ1) is 36.5. The van der Waals surface area contributed by atoms with Crippen LogP contribution in [0.5, 0.6) is 11.5 Å². The van der Waals surface area contributed by atoms with Crippen molar-refractivity contribution in [2.45, 2.75) is 57.9 Å². The van der Waals surface area contributed by atoms with Crippen molar-refractivity contribution in [1.82, 2.24) is 24.4 Å². The summed E-state index contributed by atoms with van der Waals surface area (Å²) in [5.74, 6) is -3.86. The van der Waals surface area contributed by atoms with Gasteiger partial charge in [0, 0.05) is 58.3 Å². The molecule has 0 aliphatic heterocycles. The van der Waals surface area contributed by atoms with Crippen molar-refractivity contribution >= 4 is 56.9 Å². The van der Waals surface area contributed by atoms with Gasteiger partial charge in [-0.1, -0.05) is 0 Å². The quantitative estimate of drug-likeness (QED) is 0.0504. The molecule has 0 radical (unpaired) electrons. The third-order valence-electron chi connectivity index (χ3n) is 12.5. The molecule has 1 fully saturated rings. The fourth-order valence-corrected chi connectivity index (χ4v) is 8.38. The van der Waals surface area contributed by atoms with Crippen molar-refractivity contribution in [2.75, 3.05) is 37.9 Å². The zero-order valence-corrected chi connectivity index (χ0v) is 41.4. The van der Waals surface area contributed by atoms with Gasteiger partial charge < -0.3 is 30.5 Å². The van der Waals surface area contributed by atoms with E-state index in [0.29, 0.717) is 44.6 Å². The van der Waals surface area contributed by atoms with Gasteiger partial charge in [-0.05, 0) is 135 Å². The second-order valence-electron chi connectivity index (χ2n) is 18.0. The number of rotatable bonds is 17. The molecule has 1 amide bonds. The summed E-state index contributed by atoms with van der Waals surface area (Å²) in [6.45, 7) is 2.56. The average Bonchev–Trinajstić information content (AvgIpc) is 3.94. The maximum absolute atomic E-state index is 14.3. The Bertz CT molecular complexity index is 3590. The predicted octanol–water partition coefficient (Wildman–Crippen LogP) is 11.7. The summed E-state index contributed by atoms with van der Waals surface area (Å²) in [6.07, 6.45) is -6.09. The Morgan fingerprint density at radius 2 is 1.03 bits per heavy atom. The van der Waals surface area contributed by atoms with E-state index in [1.807, 2.05) is 6.92 Å². The number of anilines is 2. The average molecular weight is 1070 g/mol. The molecule has 6 aromatic carbocycles. The van der Waals surface area contributed by atoms with Crippen LogP contribution in [0.3, 0.4) is 0 Å². The molecule has 22 heteroatoms. The smallest absolute Gasteiger partial charge is 0.390 e. The van der Waals surface area contributed by atoms with Crippen LogP contribution < -0.4 is 25.4 Å². The SMILES string of the molecule is COc1ccc(C(=O)c2cc(NCCC(F)(F)F)c3ncn(-c4ccc(C(=O)NC5CC5)c(C)c4)c3c2)cc1F.COc1ccc(C(=O)c2cc(NCCC(F)(F)F)c3ncn(-c4ccc(C(=O)O)c(C)c4)c3c2)cc1F. The van der Waals surface area contributed by atoms with E-state index in [1.54, 1.807) is 52.5 Å². The number of carbonyl (C=O) groups is 4. The molecule has 4 N–H and O–H groups in total. The number of imidazole rings is 2. The molecule has 8 aromatic rings. The Morgan fingerprint density at radius 1 is 0.597 bits per heavy atom. The number of carboxylic acids is 1. The lowest BCUT2D eigenvalue weighted by molar-refractivity contribution is -0.132. The zero-order chi connectivity index (χ0) is 55.5. The molecular formula is C55H47F8N7O7. The van der Waals surface area contributed by atoms with Gasteiger partial charge >= 0.3 is 18.3 Å². The van der Waals surface area contributed by atoms with Crippen LogP contribution in [0.1, 0.15) is 89.4 Å². The minimum Gasteiger partial charge on any atom is -0.494 e. The summed E-state index contributed by atoms with van der Waals surface area (Å²) in [6, 6.07) is 23.4. The number of ketones is 2. The summed E-state index contributed by atoms with van der Waals surface area (Å²) >= 11 is 0. The molecule has 0 spiro atoms. The number of nitrogens with zero attached hydrogens (tertiary/aromatic N) is 4. The highest BCUT2D eigenvalue weighted by molar-refractivity contribution is 6.13. The fourth-order valence-electron chi connectivity index (χ4n) is 8.38. The normalized spacial score (nSPS) is 12.5. The number of aromatic nitrogens is 4. The summed E-state index contributed by atoms with van der Waals surface area (Å²) in [4.78, 5) is 59.3. The highest BCUT2D eigenvalue weighted by Gasteiger charge is 2.29. The summed E-state index contributed by atoms with van der Waals surface area (Å²) in [5.41, 5.74) is 5.23. The number of benzene rings is 6. The number of aryl methyl sites for hydroxylation is 2. The van der Waals surface area contributed by atoms with Gasteiger partial charge in [0.05, 0.1) is 55.0 Å². The molecule has 14 nitrogen and oxygen atoms in total. The third-order valence-corrected chi connectivity index (χ3v) is 12.5. The molecular weight excluding hydrogens is 1020 g/mol. The Hall–Kier alpha value is -8.82. The number of amides is 1. The summed E-state index contributed by atoms with van der Waals surface area (Å²) < 4.78 is 118. The molecule has 1 saturated carbocycles. The van der Waals surface area contributed by atoms with Gasteiger partial charge in [-0.3, -0.25) is 23.5 Å². The van der Waals surface area contributed by atoms with E-state index in [-0.39, 0.29) is 62.6 Å². The second kappa shape index (κ2) is 22.2. The van der Waals surface area contributed by atoms with Crippen LogP contribution in [-0.4, -0.2) is 93.4 Å². The monoisotopic (exact) mass is 1070 g/mol. The molecule has 0 atom stereocenters. The van der Waals surface area contributed by atoms with E-state index in [2.05, 4.69) is 25.9 Å². The van der Waals surface area contributed by atoms with E-state index in [4.69, 9.17) is 9.47 Å². The van der Waals surface area contributed by atoms with Crippen LogP contribution in [0.25, 0.3) is 33.4 Å². The van der Waals surface area contributed by atoms with Gasteiger partial charge in [0.25, 0.3) is 5.91 Å². The molecule has 0 unspecified atom stereocenters. The lowest BCUT2D eigenvalue weighted by Gasteiger charge is -2.13. The first-order valence-electron chi connectivity index (χ1n) is 23.7. The van der Waals surface area contributed by atoms with E-state index in [0.717, 1.165) is 30.5 Å². The molecule has 77 heavy (non-hydrogen) atoms. The number of methoxy groups -OCH3 is 2. The van der Waals surface area contributed by atoms with Crippen LogP contribution in [-0.2, 0) is 0 Å². The molecule has 2 aromatic heterocycles. The van der Waals surface area contributed by atoms with Gasteiger partial charge in [0.2, 0.25) is 0 Å². The topological polar surface area (TPSA) is 179 Å². The number of nitrogens with one attached hydrogen (secondary N) is 3. The standard InChI is InChI=1S/C29H26F4N4O3.C26H21F4N3O4/c1-16-11-20(6-7-21(16)28(39)36-19-4-5-19)37-15-35-26-23(34-10-9-29(31,32)33)13-18(14-24(26)37)27(38)17-3-8-25(40-2)22(30)12-17;1-14-9-17(4-5-18(14)25(35)36)33-13-32-23-20(31-8-7-26(28,29)30)11-16(12-21(23)33)24(34)15-3-6-22(37-2)19(27)10-15/h3,6-8,11-15,19,34H,4-5,9-10H2,1-2H3,(H,36,39);3-6,9-13,31H,7-8H2,1-2H3,(H,35,36). The lowest BCUT2D eigenvalue weighted by atomic mass is 10.0. The van der Waals surface area contributed by atoms with Crippen LogP contribution in [0.2, 0.25) is 0 Å². The van der Waals surface area contributed by atoms with Crippen molar-refractivity contribution in [3.63, 3.8) is 0 Å². The maximum Gasteiger partial charge on any atom is 0.390 e. The van der Waals surface area contributed by atoms with E-state index in [9.17, 15) is 59.4 Å². The first-order valence-corrected chi connectivity index (χ1v) is 23.7. The van der Waals surface area contributed by atoms with Crippen molar-refractivity contribution < 1.29 is 68.9 Å². The third kappa shape index (κ3) is 12.7. The molecule has 1 aliphatic carbocycles. The van der Waals surface area contributed by atoms with Crippen molar-refractivity contribution in [2.24, 2.45) is 0 Å². The summed E-state index contributed by atoms with van der Waals surface area (Å²) in [5, 5.41) is 17.7. The van der Waals surface area contributed by atoms with E-state index < -0.39 is 67.5 Å². The first kappa shape index (κ1) is 54.4. The number of carbonyl (C=O) groups excluding carboxylic acids is 3. The van der Waals surface area contributed by atoms with Gasteiger partial charge in [0.15, 0.2) is 34.7 Å². The highest BCUT2D eigenvalue weighted by atomic mass is 19.4. The van der Waals surface area contributed by atoms with Crippen LogP contribution >= 0.6 is 0 Å². The maximum atomic E-state index is 14.3. The van der Waals surface area contributed by atoms with Crippen molar-refractivity contribution in [1.29, 1.82) is 0 Å². The van der Waals surface area contributed by atoms with Gasteiger partial charge in [-0.25, -0.2) is 23.5 Å². The predicted molar refractivity (Wildman–Crippen MR) is 270 cm³/mol. The lowest BCUT2D eigenvalue weighted by Crippen LogP contribution is -2.26. The van der Waals surface area contributed by atoms with E-state index >= 15 is 0 Å². The van der Waals surface area contributed by atoms with Crippen molar-refractivity contribution in [3.8, 4) is 22.9 Å².